The first-order chi connectivity index (χ1) is 7.95. The molecule has 0 aliphatic heterocycles. The number of methoxy groups -OCH3 is 1. The second-order valence-corrected chi connectivity index (χ2v) is 4.23. The minimum absolute atomic E-state index is 0.161. The third-order valence-electron chi connectivity index (χ3n) is 1.89. The predicted molar refractivity (Wildman–Crippen MR) is 66.3 cm³/mol. The van der Waals surface area contributed by atoms with E-state index in [2.05, 4.69) is 26.0 Å². The third-order valence-corrected chi connectivity index (χ3v) is 3.08. The first-order valence-electron chi connectivity index (χ1n) is 4.40. The fourth-order valence-corrected chi connectivity index (χ4v) is 1.57. The van der Waals surface area contributed by atoms with Crippen molar-refractivity contribution >= 4 is 44.9 Å². The highest BCUT2D eigenvalue weighted by atomic mass is 79.9. The minimum atomic E-state index is -0.585. The first-order valence-corrected chi connectivity index (χ1v) is 5.57. The van der Waals surface area contributed by atoms with Crippen LogP contribution in [0.25, 0.3) is 0 Å². The van der Waals surface area contributed by atoms with Crippen LogP contribution in [0.5, 0.6) is 0 Å². The van der Waals surface area contributed by atoms with Crippen molar-refractivity contribution in [3.05, 3.63) is 31.7 Å². The van der Waals surface area contributed by atoms with Gasteiger partial charge >= 0.3 is 5.97 Å². The van der Waals surface area contributed by atoms with E-state index in [1.54, 1.807) is 0 Å². The summed E-state index contributed by atoms with van der Waals surface area (Å²) in [6.07, 6.45) is 0. The molecular weight excluding hydrogens is 315 g/mol. The van der Waals surface area contributed by atoms with E-state index >= 15 is 0 Å². The molecule has 0 fully saturated rings. The summed E-state index contributed by atoms with van der Waals surface area (Å²) < 4.78 is 4.91. The van der Waals surface area contributed by atoms with E-state index in [0.29, 0.717) is 4.47 Å². The lowest BCUT2D eigenvalue weighted by molar-refractivity contribution is -0.383. The van der Waals surface area contributed by atoms with Crippen molar-refractivity contribution in [3.8, 4) is 0 Å². The van der Waals surface area contributed by atoms with Gasteiger partial charge in [-0.15, -0.1) is 0 Å². The smallest absolute Gasteiger partial charge is 0.325 e. The fraction of sp³-hybridized carbons (Fsp3) is 0.222. The Bertz CT molecular complexity index is 467. The molecule has 0 aromatic heterocycles. The molecule has 1 aromatic carbocycles. The van der Waals surface area contributed by atoms with Crippen molar-refractivity contribution in [2.24, 2.45) is 0 Å². The van der Waals surface area contributed by atoms with E-state index in [1.807, 2.05) is 0 Å². The lowest BCUT2D eigenvalue weighted by Crippen LogP contribution is -2.15. The summed E-state index contributed by atoms with van der Waals surface area (Å²) >= 11 is 8.89. The number of halogens is 2. The van der Waals surface area contributed by atoms with E-state index < -0.39 is 10.9 Å². The van der Waals surface area contributed by atoms with Gasteiger partial charge in [-0.25, -0.2) is 0 Å². The van der Waals surface area contributed by atoms with Crippen LogP contribution >= 0.6 is 27.5 Å². The van der Waals surface area contributed by atoms with Crippen LogP contribution in [0.3, 0.4) is 0 Å². The SMILES string of the molecule is COC(=O)CNc1cc(Br)c(Cl)cc1[N+](=O)[O-]. The number of ether oxygens (including phenoxy) is 1. The summed E-state index contributed by atoms with van der Waals surface area (Å²) in [5, 5.41) is 13.6. The molecule has 0 aliphatic rings. The zero-order valence-electron chi connectivity index (χ0n) is 8.70. The number of hydrogen-bond acceptors (Lipinski definition) is 5. The lowest BCUT2D eigenvalue weighted by Gasteiger charge is -2.07. The second-order valence-electron chi connectivity index (χ2n) is 2.97. The summed E-state index contributed by atoms with van der Waals surface area (Å²) in [6.45, 7) is -0.161. The lowest BCUT2D eigenvalue weighted by atomic mass is 10.2. The van der Waals surface area contributed by atoms with Crippen LogP contribution in [-0.2, 0) is 9.53 Å². The number of rotatable bonds is 4. The van der Waals surface area contributed by atoms with Crippen molar-refractivity contribution in [2.45, 2.75) is 0 Å². The zero-order chi connectivity index (χ0) is 13.0. The molecule has 17 heavy (non-hydrogen) atoms. The molecule has 0 amide bonds. The van der Waals surface area contributed by atoms with Gasteiger partial charge in [0, 0.05) is 10.5 Å². The number of nitrogens with one attached hydrogen (secondary N) is 1. The molecule has 1 rings (SSSR count). The molecule has 0 spiro atoms. The quantitative estimate of drug-likeness (QED) is 0.523. The molecular formula is C9H8BrClN2O4. The molecule has 0 heterocycles. The predicted octanol–water partition coefficient (Wildman–Crippen LogP) is 2.60. The topological polar surface area (TPSA) is 81.5 Å². The molecule has 0 aliphatic carbocycles. The molecule has 0 radical (unpaired) electrons. The van der Waals surface area contributed by atoms with Crippen LogP contribution in [0.4, 0.5) is 11.4 Å². The van der Waals surface area contributed by atoms with Gasteiger partial charge in [0.15, 0.2) is 0 Å². The Balaban J connectivity index is 3.00. The largest absolute Gasteiger partial charge is 0.468 e. The summed E-state index contributed by atoms with van der Waals surface area (Å²) in [5.74, 6) is -0.523. The molecule has 0 saturated heterocycles. The maximum absolute atomic E-state index is 10.9. The van der Waals surface area contributed by atoms with E-state index in [9.17, 15) is 14.9 Å². The van der Waals surface area contributed by atoms with Crippen LogP contribution in [0.1, 0.15) is 0 Å². The summed E-state index contributed by atoms with van der Waals surface area (Å²) in [7, 11) is 1.23. The molecule has 1 N–H and O–H groups in total. The molecule has 1 aromatic rings. The number of benzene rings is 1. The summed E-state index contributed by atoms with van der Waals surface area (Å²) in [5.41, 5.74) is -0.0150. The molecule has 0 unspecified atom stereocenters. The highest BCUT2D eigenvalue weighted by molar-refractivity contribution is 9.10. The Labute approximate surface area is 110 Å². The maximum Gasteiger partial charge on any atom is 0.325 e. The molecule has 8 heteroatoms. The minimum Gasteiger partial charge on any atom is -0.468 e. The second kappa shape index (κ2) is 5.83. The number of esters is 1. The molecule has 0 saturated carbocycles. The molecule has 6 nitrogen and oxygen atoms in total. The fourth-order valence-electron chi connectivity index (χ4n) is 1.07. The van der Waals surface area contributed by atoms with Gasteiger partial charge in [-0.3, -0.25) is 14.9 Å². The van der Waals surface area contributed by atoms with Crippen molar-refractivity contribution < 1.29 is 14.5 Å². The van der Waals surface area contributed by atoms with Gasteiger partial charge in [-0.1, -0.05) is 11.6 Å². The van der Waals surface area contributed by atoms with Gasteiger partial charge in [-0.05, 0) is 22.0 Å². The number of nitro benzene ring substituents is 1. The van der Waals surface area contributed by atoms with Crippen molar-refractivity contribution in [1.82, 2.24) is 0 Å². The van der Waals surface area contributed by atoms with E-state index in [0.717, 1.165) is 0 Å². The van der Waals surface area contributed by atoms with Gasteiger partial charge in [-0.2, -0.15) is 0 Å². The van der Waals surface area contributed by atoms with Crippen molar-refractivity contribution in [2.75, 3.05) is 19.0 Å². The number of nitro groups is 1. The Morgan fingerprint density at radius 2 is 2.29 bits per heavy atom. The zero-order valence-corrected chi connectivity index (χ0v) is 11.0. The number of hydrogen-bond donors (Lipinski definition) is 1. The molecule has 0 atom stereocenters. The number of anilines is 1. The van der Waals surface area contributed by atoms with Gasteiger partial charge < -0.3 is 10.1 Å². The van der Waals surface area contributed by atoms with E-state index in [4.69, 9.17) is 11.6 Å². The number of nitrogens with zero attached hydrogens (tertiary/aromatic N) is 1. The Morgan fingerprint density at radius 3 is 2.82 bits per heavy atom. The monoisotopic (exact) mass is 322 g/mol. The third kappa shape index (κ3) is 3.57. The highest BCUT2D eigenvalue weighted by Gasteiger charge is 2.17. The Kier molecular flexibility index (Phi) is 4.71. The normalized spacial score (nSPS) is 9.82. The van der Waals surface area contributed by atoms with Crippen LogP contribution in [0.2, 0.25) is 5.02 Å². The van der Waals surface area contributed by atoms with E-state index in [-0.39, 0.29) is 22.9 Å². The number of carbonyl (C=O) groups excluding carboxylic acids is 1. The highest BCUT2D eigenvalue weighted by Crippen LogP contribution is 2.33. The summed E-state index contributed by atoms with van der Waals surface area (Å²) in [4.78, 5) is 21.1. The Morgan fingerprint density at radius 1 is 1.65 bits per heavy atom. The van der Waals surface area contributed by atoms with Crippen LogP contribution in [-0.4, -0.2) is 24.5 Å². The summed E-state index contributed by atoms with van der Waals surface area (Å²) in [6, 6.07) is 2.63. The van der Waals surface area contributed by atoms with Gasteiger partial charge in [0.25, 0.3) is 5.69 Å². The van der Waals surface area contributed by atoms with Gasteiger partial charge in [0.1, 0.15) is 12.2 Å². The van der Waals surface area contributed by atoms with Gasteiger partial charge in [0.2, 0.25) is 0 Å². The standard InChI is InChI=1S/C9H8BrClN2O4/c1-17-9(14)4-12-7-2-5(10)6(11)3-8(7)13(15)16/h2-3,12H,4H2,1H3. The Hall–Kier alpha value is -1.34. The number of carbonyl (C=O) groups is 1. The van der Waals surface area contributed by atoms with Gasteiger partial charge in [0.05, 0.1) is 17.1 Å². The maximum atomic E-state index is 10.9. The van der Waals surface area contributed by atoms with Crippen molar-refractivity contribution in [1.29, 1.82) is 0 Å². The average Bonchev–Trinajstić information content (AvgIpc) is 2.29. The van der Waals surface area contributed by atoms with E-state index in [1.165, 1.54) is 19.2 Å². The van der Waals surface area contributed by atoms with Crippen LogP contribution < -0.4 is 5.32 Å². The molecule has 92 valence electrons. The average molecular weight is 324 g/mol. The van der Waals surface area contributed by atoms with Crippen molar-refractivity contribution in [3.63, 3.8) is 0 Å². The van der Waals surface area contributed by atoms with Crippen LogP contribution in [0, 0.1) is 10.1 Å². The molecule has 0 bridgehead atoms. The van der Waals surface area contributed by atoms with Crippen LogP contribution in [0.15, 0.2) is 16.6 Å². The first kappa shape index (κ1) is 13.7.